The number of benzene rings is 2. The van der Waals surface area contributed by atoms with E-state index in [1.807, 2.05) is 32.0 Å². The van der Waals surface area contributed by atoms with Gasteiger partial charge in [-0.1, -0.05) is 0 Å². The van der Waals surface area contributed by atoms with Crippen LogP contribution in [0.1, 0.15) is 32.3 Å². The van der Waals surface area contributed by atoms with Gasteiger partial charge >= 0.3 is 18.2 Å². The lowest BCUT2D eigenvalue weighted by atomic mass is 10.1. The number of carbonyl (C=O) groups is 2. The highest BCUT2D eigenvalue weighted by Gasteiger charge is 2.30. The molecule has 1 aliphatic heterocycles. The summed E-state index contributed by atoms with van der Waals surface area (Å²) in [4.78, 5) is 32.1. The fourth-order valence-electron chi connectivity index (χ4n) is 4.15. The zero-order chi connectivity index (χ0) is 26.0. The van der Waals surface area contributed by atoms with E-state index in [0.29, 0.717) is 35.6 Å². The number of fused-ring (bicyclic) bond motifs is 1. The van der Waals surface area contributed by atoms with Crippen molar-refractivity contribution in [2.45, 2.75) is 44.9 Å². The van der Waals surface area contributed by atoms with Gasteiger partial charge in [0, 0.05) is 36.5 Å². The number of aromatic nitrogens is 1. The Kier molecular flexibility index (Phi) is 7.55. The van der Waals surface area contributed by atoms with Gasteiger partial charge in [0.2, 0.25) is 0 Å². The number of nitrogens with one attached hydrogen (secondary N) is 3. The van der Waals surface area contributed by atoms with Crippen molar-refractivity contribution in [1.29, 1.82) is 0 Å². The summed E-state index contributed by atoms with van der Waals surface area (Å²) in [6.45, 7) is 4.71. The minimum absolute atomic E-state index is 0.0797. The standard InChI is InChI=1S/C24H26F3N5O2S2/c1-14(2)32(18-7-8-19-20(13-18)36-23(35)30-19)22(34)29-17-9-11-31(12-10-17)21(33)28-16-5-3-15(4-6-16)24(25,26)27/h3-8,13-14,17H,9-12H2,1-2H3,(H,28,33)(H,29,34)(H,30,35). The molecular formula is C24H26F3N5O2S2. The molecule has 0 unspecified atom stereocenters. The van der Waals surface area contributed by atoms with E-state index in [1.165, 1.54) is 23.5 Å². The first-order valence-electron chi connectivity index (χ1n) is 11.5. The highest BCUT2D eigenvalue weighted by molar-refractivity contribution is 7.73. The van der Waals surface area contributed by atoms with E-state index in [9.17, 15) is 22.8 Å². The van der Waals surface area contributed by atoms with Crippen LogP contribution in [0.5, 0.6) is 0 Å². The number of anilines is 2. The summed E-state index contributed by atoms with van der Waals surface area (Å²) < 4.78 is 39.8. The van der Waals surface area contributed by atoms with E-state index in [-0.39, 0.29) is 24.1 Å². The number of nitrogens with zero attached hydrogens (tertiary/aromatic N) is 2. The van der Waals surface area contributed by atoms with Gasteiger partial charge < -0.3 is 20.5 Å². The monoisotopic (exact) mass is 537 g/mol. The minimum Gasteiger partial charge on any atom is -0.337 e. The van der Waals surface area contributed by atoms with Gasteiger partial charge in [0.05, 0.1) is 15.8 Å². The molecule has 4 amide bonds. The van der Waals surface area contributed by atoms with E-state index in [2.05, 4.69) is 15.6 Å². The highest BCUT2D eigenvalue weighted by Crippen LogP contribution is 2.30. The molecule has 2 aromatic carbocycles. The maximum Gasteiger partial charge on any atom is 0.416 e. The number of carbonyl (C=O) groups excluding carboxylic acids is 2. The van der Waals surface area contributed by atoms with E-state index in [1.54, 1.807) is 9.80 Å². The van der Waals surface area contributed by atoms with Crippen LogP contribution >= 0.6 is 23.6 Å². The summed E-state index contributed by atoms with van der Waals surface area (Å²) in [5.41, 5.74) is 1.22. The van der Waals surface area contributed by atoms with Gasteiger partial charge in [-0.25, -0.2) is 9.59 Å². The van der Waals surface area contributed by atoms with Gasteiger partial charge in [0.15, 0.2) is 3.95 Å². The third kappa shape index (κ3) is 5.98. The number of amides is 4. The number of hydrogen-bond acceptors (Lipinski definition) is 4. The van der Waals surface area contributed by atoms with Gasteiger partial charge in [-0.15, -0.1) is 11.3 Å². The van der Waals surface area contributed by atoms with Gasteiger partial charge in [0.1, 0.15) is 0 Å². The normalized spacial score (nSPS) is 14.8. The molecule has 1 fully saturated rings. The second-order valence-electron chi connectivity index (χ2n) is 8.87. The van der Waals surface area contributed by atoms with Gasteiger partial charge in [0.25, 0.3) is 0 Å². The summed E-state index contributed by atoms with van der Waals surface area (Å²) in [5.74, 6) is 0. The van der Waals surface area contributed by atoms with Crippen molar-refractivity contribution in [3.05, 3.63) is 52.0 Å². The van der Waals surface area contributed by atoms with Crippen LogP contribution in [0, 0.1) is 3.95 Å². The Labute approximate surface area is 215 Å². The molecule has 12 heteroatoms. The first-order valence-corrected chi connectivity index (χ1v) is 12.7. The lowest BCUT2D eigenvalue weighted by Crippen LogP contribution is -2.52. The van der Waals surface area contributed by atoms with Crippen molar-refractivity contribution in [2.75, 3.05) is 23.3 Å². The molecule has 4 rings (SSSR count). The maximum atomic E-state index is 13.2. The number of rotatable bonds is 4. The van der Waals surface area contributed by atoms with Crippen LogP contribution in [0.15, 0.2) is 42.5 Å². The van der Waals surface area contributed by atoms with Gasteiger partial charge in [-0.05, 0) is 81.4 Å². The zero-order valence-electron chi connectivity index (χ0n) is 19.7. The number of piperidine rings is 1. The first-order chi connectivity index (χ1) is 17.0. The summed E-state index contributed by atoms with van der Waals surface area (Å²) in [6.07, 6.45) is -3.29. The van der Waals surface area contributed by atoms with Crippen LogP contribution in [-0.4, -0.2) is 47.1 Å². The van der Waals surface area contributed by atoms with Crippen LogP contribution < -0.4 is 15.5 Å². The van der Waals surface area contributed by atoms with Gasteiger partial charge in [-0.2, -0.15) is 13.2 Å². The summed E-state index contributed by atoms with van der Waals surface area (Å²) in [7, 11) is 0. The van der Waals surface area contributed by atoms with Crippen molar-refractivity contribution in [1.82, 2.24) is 15.2 Å². The second-order valence-corrected chi connectivity index (χ2v) is 10.6. The molecule has 7 nitrogen and oxygen atoms in total. The summed E-state index contributed by atoms with van der Waals surface area (Å²) in [5, 5.41) is 5.71. The number of halogens is 3. The third-order valence-corrected chi connectivity index (χ3v) is 7.19. The van der Waals surface area contributed by atoms with Gasteiger partial charge in [-0.3, -0.25) is 4.90 Å². The molecule has 0 radical (unpaired) electrons. The second kappa shape index (κ2) is 10.5. The molecule has 0 aliphatic carbocycles. The van der Waals surface area contributed by atoms with E-state index in [0.717, 1.165) is 28.0 Å². The SMILES string of the molecule is CC(C)N(C(=O)NC1CCN(C(=O)Nc2ccc(C(F)(F)F)cc2)CC1)c1ccc2[nH]c(=S)sc2c1. The average molecular weight is 538 g/mol. The average Bonchev–Trinajstić information content (AvgIpc) is 3.18. The molecule has 2 heterocycles. The number of aromatic amines is 1. The number of H-pyrrole nitrogens is 1. The quantitative estimate of drug-likeness (QED) is 0.328. The largest absolute Gasteiger partial charge is 0.416 e. The molecule has 3 N–H and O–H groups in total. The Morgan fingerprint density at radius 2 is 1.81 bits per heavy atom. The maximum absolute atomic E-state index is 13.2. The third-order valence-electron chi connectivity index (χ3n) is 5.99. The lowest BCUT2D eigenvalue weighted by Gasteiger charge is -2.34. The number of likely N-dealkylation sites (tertiary alicyclic amines) is 1. The fraction of sp³-hybridized carbons (Fsp3) is 0.375. The predicted octanol–water partition coefficient (Wildman–Crippen LogP) is 6.60. The fourth-order valence-corrected chi connectivity index (χ4v) is 5.30. The van der Waals surface area contributed by atoms with Crippen LogP contribution in [-0.2, 0) is 6.18 Å². The van der Waals surface area contributed by atoms with E-state index < -0.39 is 11.7 Å². The van der Waals surface area contributed by atoms with E-state index in [4.69, 9.17) is 12.2 Å². The van der Waals surface area contributed by atoms with E-state index >= 15 is 0 Å². The Bertz CT molecular complexity index is 1300. The molecule has 0 bridgehead atoms. The minimum atomic E-state index is -4.43. The van der Waals surface area contributed by atoms with Crippen molar-refractivity contribution in [3.63, 3.8) is 0 Å². The van der Waals surface area contributed by atoms with Crippen LogP contribution in [0.4, 0.5) is 34.1 Å². The molecule has 192 valence electrons. The zero-order valence-corrected chi connectivity index (χ0v) is 21.3. The molecule has 3 aromatic rings. The molecule has 36 heavy (non-hydrogen) atoms. The summed E-state index contributed by atoms with van der Waals surface area (Å²) in [6, 6.07) is 9.29. The lowest BCUT2D eigenvalue weighted by molar-refractivity contribution is -0.137. The van der Waals surface area contributed by atoms with Crippen molar-refractivity contribution >= 4 is 57.2 Å². The van der Waals surface area contributed by atoms with Crippen LogP contribution in [0.2, 0.25) is 0 Å². The molecule has 1 saturated heterocycles. The molecule has 0 spiro atoms. The summed E-state index contributed by atoms with van der Waals surface area (Å²) >= 11 is 6.67. The van der Waals surface area contributed by atoms with Crippen molar-refractivity contribution in [3.8, 4) is 0 Å². The van der Waals surface area contributed by atoms with Crippen molar-refractivity contribution < 1.29 is 22.8 Å². The first kappa shape index (κ1) is 26.0. The Hall–Kier alpha value is -3.12. The smallest absolute Gasteiger partial charge is 0.337 e. The van der Waals surface area contributed by atoms with Crippen LogP contribution in [0.25, 0.3) is 10.2 Å². The molecule has 0 atom stereocenters. The number of hydrogen-bond donors (Lipinski definition) is 3. The Balaban J connectivity index is 1.32. The number of thiazole rings is 1. The number of urea groups is 2. The van der Waals surface area contributed by atoms with Crippen molar-refractivity contribution in [2.24, 2.45) is 0 Å². The Morgan fingerprint density at radius 3 is 2.42 bits per heavy atom. The Morgan fingerprint density at radius 1 is 1.14 bits per heavy atom. The molecule has 1 aromatic heterocycles. The van der Waals surface area contributed by atoms with Crippen LogP contribution in [0.3, 0.4) is 0 Å². The highest BCUT2D eigenvalue weighted by atomic mass is 32.1. The predicted molar refractivity (Wildman–Crippen MR) is 138 cm³/mol. The number of alkyl halides is 3. The topological polar surface area (TPSA) is 80.5 Å². The molecular weight excluding hydrogens is 511 g/mol. The molecule has 1 aliphatic rings. The molecule has 0 saturated carbocycles.